The first-order valence-corrected chi connectivity index (χ1v) is 6.99. The van der Waals surface area contributed by atoms with Crippen LogP contribution < -0.4 is 10.5 Å². The summed E-state index contributed by atoms with van der Waals surface area (Å²) in [7, 11) is -3.63. The van der Waals surface area contributed by atoms with Crippen LogP contribution in [0.15, 0.2) is 23.1 Å². The highest BCUT2D eigenvalue weighted by molar-refractivity contribution is 7.89. The third kappa shape index (κ3) is 4.16. The highest BCUT2D eigenvalue weighted by atomic mass is 35.5. The number of aliphatic hydroxyl groups excluding tert-OH is 1. The van der Waals surface area contributed by atoms with Crippen LogP contribution in [0, 0.1) is 0 Å². The summed E-state index contributed by atoms with van der Waals surface area (Å²) in [6.45, 7) is 0.301. The minimum Gasteiger partial charge on any atom is -0.398 e. The molecule has 0 aliphatic rings. The number of rotatable bonds is 6. The number of halogens is 1. The van der Waals surface area contributed by atoms with E-state index < -0.39 is 10.0 Å². The maximum absolute atomic E-state index is 11.9. The van der Waals surface area contributed by atoms with Gasteiger partial charge in [0.25, 0.3) is 0 Å². The molecule has 0 heterocycles. The van der Waals surface area contributed by atoms with E-state index in [9.17, 15) is 8.42 Å². The number of anilines is 1. The van der Waals surface area contributed by atoms with Gasteiger partial charge in [0.15, 0.2) is 0 Å². The minimum absolute atomic E-state index is 0.0194. The summed E-state index contributed by atoms with van der Waals surface area (Å²) >= 11 is 5.73. The Bertz CT molecular complexity index is 476. The van der Waals surface area contributed by atoms with Crippen molar-refractivity contribution in [2.45, 2.75) is 17.7 Å². The second-order valence-electron chi connectivity index (χ2n) is 3.51. The minimum atomic E-state index is -3.63. The number of nitrogens with two attached hydrogens (primary N) is 1. The van der Waals surface area contributed by atoms with Gasteiger partial charge in [0, 0.05) is 18.2 Å². The number of unbranched alkanes of at least 4 members (excludes halogenated alkanes) is 1. The van der Waals surface area contributed by atoms with E-state index in [1.165, 1.54) is 18.2 Å². The van der Waals surface area contributed by atoms with Crippen molar-refractivity contribution in [3.8, 4) is 0 Å². The number of benzene rings is 1. The maximum atomic E-state index is 11.9. The fraction of sp³-hybridized carbons (Fsp3) is 0.400. The molecule has 1 aromatic rings. The number of hydrogen-bond donors (Lipinski definition) is 3. The summed E-state index contributed by atoms with van der Waals surface area (Å²) in [6, 6.07) is 4.29. The van der Waals surface area contributed by atoms with Gasteiger partial charge in [0.05, 0.1) is 5.69 Å². The molecule has 0 radical (unpaired) electrons. The Balaban J connectivity index is 2.79. The van der Waals surface area contributed by atoms with Crippen LogP contribution in [0.1, 0.15) is 12.8 Å². The molecule has 0 saturated carbocycles. The first-order valence-electron chi connectivity index (χ1n) is 5.13. The van der Waals surface area contributed by atoms with Crippen LogP contribution in [0.25, 0.3) is 0 Å². The van der Waals surface area contributed by atoms with E-state index in [2.05, 4.69) is 4.72 Å². The molecule has 1 rings (SSSR count). The van der Waals surface area contributed by atoms with E-state index in [1.807, 2.05) is 0 Å². The van der Waals surface area contributed by atoms with Crippen molar-refractivity contribution >= 4 is 27.3 Å². The van der Waals surface area contributed by atoms with Gasteiger partial charge in [0.2, 0.25) is 10.0 Å². The highest BCUT2D eigenvalue weighted by Gasteiger charge is 2.16. The van der Waals surface area contributed by atoms with Gasteiger partial charge >= 0.3 is 0 Å². The predicted molar refractivity (Wildman–Crippen MR) is 67.4 cm³/mol. The van der Waals surface area contributed by atoms with Crippen molar-refractivity contribution in [3.63, 3.8) is 0 Å². The van der Waals surface area contributed by atoms with Crippen LogP contribution in [0.5, 0.6) is 0 Å². The lowest BCUT2D eigenvalue weighted by Gasteiger charge is -2.09. The summed E-state index contributed by atoms with van der Waals surface area (Å²) in [5.41, 5.74) is 5.74. The lowest BCUT2D eigenvalue weighted by Crippen LogP contribution is -2.25. The molecule has 0 aromatic heterocycles. The van der Waals surface area contributed by atoms with Crippen LogP contribution in [-0.2, 0) is 10.0 Å². The molecule has 5 nitrogen and oxygen atoms in total. The fourth-order valence-corrected chi connectivity index (χ4v) is 2.73. The normalized spacial score (nSPS) is 11.6. The van der Waals surface area contributed by atoms with Gasteiger partial charge in [-0.1, -0.05) is 11.6 Å². The molecule has 0 aliphatic carbocycles. The van der Waals surface area contributed by atoms with E-state index >= 15 is 0 Å². The molecule has 0 unspecified atom stereocenters. The molecule has 0 amide bonds. The zero-order valence-electron chi connectivity index (χ0n) is 9.19. The predicted octanol–water partition coefficient (Wildman–Crippen LogP) is 0.973. The highest BCUT2D eigenvalue weighted by Crippen LogP contribution is 2.22. The van der Waals surface area contributed by atoms with Crippen molar-refractivity contribution in [2.24, 2.45) is 0 Å². The Kier molecular flexibility index (Phi) is 5.20. The van der Waals surface area contributed by atoms with Gasteiger partial charge in [-0.05, 0) is 31.0 Å². The number of aliphatic hydroxyl groups is 1. The molecule has 0 spiro atoms. The molecule has 1 aromatic carbocycles. The third-order valence-corrected chi connectivity index (χ3v) is 3.89. The maximum Gasteiger partial charge on any atom is 0.242 e. The summed E-state index contributed by atoms with van der Waals surface area (Å²) in [6.07, 6.45) is 1.11. The topological polar surface area (TPSA) is 92.4 Å². The Morgan fingerprint density at radius 3 is 2.71 bits per heavy atom. The Morgan fingerprint density at radius 1 is 1.35 bits per heavy atom. The van der Waals surface area contributed by atoms with Gasteiger partial charge in [-0.25, -0.2) is 13.1 Å². The molecule has 0 aliphatic heterocycles. The second-order valence-corrected chi connectivity index (χ2v) is 5.68. The lowest BCUT2D eigenvalue weighted by molar-refractivity contribution is 0.285. The SMILES string of the molecule is Nc1ccc(Cl)cc1S(=O)(=O)NCCCCO. The van der Waals surface area contributed by atoms with E-state index in [0.29, 0.717) is 17.9 Å². The van der Waals surface area contributed by atoms with Gasteiger partial charge in [-0.3, -0.25) is 0 Å². The lowest BCUT2D eigenvalue weighted by atomic mass is 10.3. The molecule has 17 heavy (non-hydrogen) atoms. The summed E-state index contributed by atoms with van der Waals surface area (Å²) < 4.78 is 26.1. The summed E-state index contributed by atoms with van der Waals surface area (Å²) in [5, 5.41) is 8.89. The van der Waals surface area contributed by atoms with Crippen LogP contribution in [0.3, 0.4) is 0 Å². The molecule has 0 saturated heterocycles. The summed E-state index contributed by atoms with van der Waals surface area (Å²) in [5.74, 6) is 0. The van der Waals surface area contributed by atoms with Crippen LogP contribution in [-0.4, -0.2) is 26.7 Å². The molecule has 7 heteroatoms. The molecule has 4 N–H and O–H groups in total. The molecule has 96 valence electrons. The van der Waals surface area contributed by atoms with E-state index in [4.69, 9.17) is 22.4 Å². The van der Waals surface area contributed by atoms with Gasteiger partial charge in [-0.2, -0.15) is 0 Å². The Morgan fingerprint density at radius 2 is 2.06 bits per heavy atom. The Hall–Kier alpha value is -0.820. The first kappa shape index (κ1) is 14.2. The molecular formula is C10H15ClN2O3S. The van der Waals surface area contributed by atoms with Gasteiger partial charge in [-0.15, -0.1) is 0 Å². The van der Waals surface area contributed by atoms with Crippen molar-refractivity contribution in [1.29, 1.82) is 0 Å². The number of hydrogen-bond acceptors (Lipinski definition) is 4. The van der Waals surface area contributed by atoms with Crippen molar-refractivity contribution in [3.05, 3.63) is 23.2 Å². The van der Waals surface area contributed by atoms with Gasteiger partial charge < -0.3 is 10.8 Å². The monoisotopic (exact) mass is 278 g/mol. The van der Waals surface area contributed by atoms with Crippen molar-refractivity contribution < 1.29 is 13.5 Å². The van der Waals surface area contributed by atoms with Crippen LogP contribution in [0.2, 0.25) is 5.02 Å². The number of sulfonamides is 1. The number of nitrogens with one attached hydrogen (secondary N) is 1. The first-order chi connectivity index (χ1) is 7.97. The third-order valence-electron chi connectivity index (χ3n) is 2.14. The van der Waals surface area contributed by atoms with Crippen molar-refractivity contribution in [2.75, 3.05) is 18.9 Å². The Labute approximate surface area is 106 Å². The van der Waals surface area contributed by atoms with Crippen LogP contribution >= 0.6 is 11.6 Å². The number of nitrogen functional groups attached to an aromatic ring is 1. The van der Waals surface area contributed by atoms with E-state index in [1.54, 1.807) is 0 Å². The molecule has 0 fully saturated rings. The van der Waals surface area contributed by atoms with Crippen molar-refractivity contribution in [1.82, 2.24) is 4.72 Å². The summed E-state index contributed by atoms with van der Waals surface area (Å²) in [4.78, 5) is -0.0194. The average molecular weight is 279 g/mol. The van der Waals surface area contributed by atoms with Crippen LogP contribution in [0.4, 0.5) is 5.69 Å². The quantitative estimate of drug-likeness (QED) is 0.534. The van der Waals surface area contributed by atoms with E-state index in [-0.39, 0.29) is 23.7 Å². The standard InChI is InChI=1S/C10H15ClN2O3S/c11-8-3-4-9(12)10(7-8)17(15,16)13-5-1-2-6-14/h3-4,7,13-14H,1-2,5-6,12H2. The second kappa shape index (κ2) is 6.20. The zero-order valence-corrected chi connectivity index (χ0v) is 10.8. The zero-order chi connectivity index (χ0) is 12.9. The van der Waals surface area contributed by atoms with Gasteiger partial charge in [0.1, 0.15) is 4.90 Å². The molecule has 0 bridgehead atoms. The smallest absolute Gasteiger partial charge is 0.242 e. The van der Waals surface area contributed by atoms with E-state index in [0.717, 1.165) is 0 Å². The largest absolute Gasteiger partial charge is 0.398 e. The molecular weight excluding hydrogens is 264 g/mol. The molecule has 0 atom stereocenters. The average Bonchev–Trinajstić information content (AvgIpc) is 2.28. The fourth-order valence-electron chi connectivity index (χ4n) is 1.26.